The van der Waals surface area contributed by atoms with Crippen molar-refractivity contribution >= 4 is 34.1 Å². The van der Waals surface area contributed by atoms with Gasteiger partial charge in [0.05, 0.1) is 0 Å². The molecule has 154 valence electrons. The number of alkyl carbamates (subject to hydrolysis) is 1. The molecule has 0 radical (unpaired) electrons. The van der Waals surface area contributed by atoms with Gasteiger partial charge in [-0.25, -0.2) is 9.59 Å². The van der Waals surface area contributed by atoms with Crippen molar-refractivity contribution in [2.24, 2.45) is 4.99 Å². The van der Waals surface area contributed by atoms with Crippen molar-refractivity contribution < 1.29 is 19.1 Å². The second-order valence-electron chi connectivity index (χ2n) is 8.63. The minimum atomic E-state index is -0.765. The smallest absolute Gasteiger partial charge is 0.437 e. The van der Waals surface area contributed by atoms with Crippen molar-refractivity contribution in [2.75, 3.05) is 6.54 Å². The standard InChI is InChI=1S/C20H28BrN3O4/c1-19(2,3)27-17(25)22-16(23-18(26)28-20(4,5)6)24-10-9-13-7-8-15(21)11-14(13)12-24/h7-8,11H,9-10,12H2,1-6H3,(H,22,23,25,26). The van der Waals surface area contributed by atoms with Gasteiger partial charge in [-0.1, -0.05) is 22.0 Å². The fraction of sp³-hybridized carbons (Fsp3) is 0.550. The van der Waals surface area contributed by atoms with Gasteiger partial charge in [-0.15, -0.1) is 4.99 Å². The summed E-state index contributed by atoms with van der Waals surface area (Å²) in [4.78, 5) is 30.4. The Kier molecular flexibility index (Phi) is 6.75. The molecule has 7 nitrogen and oxygen atoms in total. The lowest BCUT2D eigenvalue weighted by atomic mass is 10.0. The first-order valence-electron chi connectivity index (χ1n) is 9.16. The van der Waals surface area contributed by atoms with Crippen molar-refractivity contribution in [3.63, 3.8) is 0 Å². The van der Waals surface area contributed by atoms with Crippen LogP contribution in [0, 0.1) is 0 Å². The molecular formula is C20H28BrN3O4. The fourth-order valence-corrected chi connectivity index (χ4v) is 3.06. The summed E-state index contributed by atoms with van der Waals surface area (Å²) < 4.78 is 11.6. The molecule has 0 aliphatic carbocycles. The van der Waals surface area contributed by atoms with Gasteiger partial charge in [0.2, 0.25) is 5.96 Å². The number of carbonyl (C=O) groups excluding carboxylic acids is 2. The highest BCUT2D eigenvalue weighted by Gasteiger charge is 2.25. The summed E-state index contributed by atoms with van der Waals surface area (Å²) in [5.41, 5.74) is 0.981. The van der Waals surface area contributed by atoms with Crippen LogP contribution < -0.4 is 5.32 Å². The van der Waals surface area contributed by atoms with E-state index in [1.807, 2.05) is 17.0 Å². The van der Waals surface area contributed by atoms with Gasteiger partial charge in [0.15, 0.2) is 0 Å². The maximum absolute atomic E-state index is 12.3. The van der Waals surface area contributed by atoms with Gasteiger partial charge >= 0.3 is 12.2 Å². The van der Waals surface area contributed by atoms with Crippen LogP contribution in [0.15, 0.2) is 27.7 Å². The number of guanidine groups is 1. The maximum Gasteiger partial charge on any atom is 0.437 e. The predicted molar refractivity (Wildman–Crippen MR) is 111 cm³/mol. The summed E-state index contributed by atoms with van der Waals surface area (Å²) in [7, 11) is 0. The highest BCUT2D eigenvalue weighted by atomic mass is 79.9. The van der Waals surface area contributed by atoms with Crippen LogP contribution in [0.25, 0.3) is 0 Å². The second kappa shape index (κ2) is 8.51. The number of aliphatic imine (C=N–C) groups is 1. The molecule has 1 aromatic carbocycles. The molecule has 0 saturated heterocycles. The fourth-order valence-electron chi connectivity index (χ4n) is 2.65. The molecule has 1 aliphatic rings. The van der Waals surface area contributed by atoms with E-state index >= 15 is 0 Å². The lowest BCUT2D eigenvalue weighted by Crippen LogP contribution is -2.48. The van der Waals surface area contributed by atoms with Gasteiger partial charge < -0.3 is 14.4 Å². The van der Waals surface area contributed by atoms with E-state index in [9.17, 15) is 9.59 Å². The van der Waals surface area contributed by atoms with Gasteiger partial charge in [-0.2, -0.15) is 0 Å². The zero-order valence-corrected chi connectivity index (χ0v) is 18.8. The van der Waals surface area contributed by atoms with Gasteiger partial charge in [0.1, 0.15) is 11.2 Å². The van der Waals surface area contributed by atoms with E-state index in [1.54, 1.807) is 41.5 Å². The SMILES string of the molecule is CC(C)(C)OC(=O)/N=C(\NC(=O)OC(C)(C)C)N1CCc2ccc(Br)cc2C1. The van der Waals surface area contributed by atoms with E-state index < -0.39 is 23.4 Å². The Hall–Kier alpha value is -2.09. The molecule has 0 saturated carbocycles. The normalized spacial score (nSPS) is 15.0. The largest absolute Gasteiger partial charge is 0.444 e. The van der Waals surface area contributed by atoms with Crippen LogP contribution >= 0.6 is 15.9 Å². The zero-order chi connectivity index (χ0) is 21.1. The number of rotatable bonds is 0. The molecule has 0 spiro atoms. The van der Waals surface area contributed by atoms with Crippen LogP contribution in [0.3, 0.4) is 0 Å². The average molecular weight is 454 g/mol. The highest BCUT2D eigenvalue weighted by Crippen LogP contribution is 2.23. The van der Waals surface area contributed by atoms with Crippen LogP contribution in [-0.2, 0) is 22.4 Å². The quantitative estimate of drug-likeness (QED) is 0.457. The molecule has 1 heterocycles. The van der Waals surface area contributed by atoms with Crippen molar-refractivity contribution in [3.8, 4) is 0 Å². The van der Waals surface area contributed by atoms with E-state index in [1.165, 1.54) is 5.56 Å². The predicted octanol–water partition coefficient (Wildman–Crippen LogP) is 4.62. The van der Waals surface area contributed by atoms with Crippen molar-refractivity contribution in [3.05, 3.63) is 33.8 Å². The molecule has 1 aromatic rings. The molecule has 0 unspecified atom stereocenters. The number of hydrogen-bond acceptors (Lipinski definition) is 4. The molecule has 2 rings (SSSR count). The Morgan fingerprint density at radius 1 is 1.07 bits per heavy atom. The van der Waals surface area contributed by atoms with Crippen LogP contribution in [0.5, 0.6) is 0 Å². The number of fused-ring (bicyclic) bond motifs is 1. The molecule has 0 atom stereocenters. The van der Waals surface area contributed by atoms with Crippen molar-refractivity contribution in [1.29, 1.82) is 0 Å². The number of nitrogens with one attached hydrogen (secondary N) is 1. The molecular weight excluding hydrogens is 426 g/mol. The monoisotopic (exact) mass is 453 g/mol. The Balaban J connectivity index is 2.25. The summed E-state index contributed by atoms with van der Waals surface area (Å²) in [6.45, 7) is 11.7. The van der Waals surface area contributed by atoms with E-state index in [0.717, 1.165) is 16.5 Å². The summed E-state index contributed by atoms with van der Waals surface area (Å²) in [5, 5.41) is 2.61. The zero-order valence-electron chi connectivity index (χ0n) is 17.3. The van der Waals surface area contributed by atoms with Crippen LogP contribution in [0.1, 0.15) is 52.7 Å². The topological polar surface area (TPSA) is 80.2 Å². The third kappa shape index (κ3) is 7.14. The minimum absolute atomic E-state index is 0.120. The highest BCUT2D eigenvalue weighted by molar-refractivity contribution is 9.10. The number of hydrogen-bond donors (Lipinski definition) is 1. The Morgan fingerprint density at radius 2 is 1.71 bits per heavy atom. The summed E-state index contributed by atoms with van der Waals surface area (Å²) >= 11 is 3.48. The number of nitrogens with zero attached hydrogens (tertiary/aromatic N) is 2. The van der Waals surface area contributed by atoms with Crippen molar-refractivity contribution in [1.82, 2.24) is 10.2 Å². The van der Waals surface area contributed by atoms with E-state index in [0.29, 0.717) is 13.1 Å². The first-order valence-corrected chi connectivity index (χ1v) is 9.96. The van der Waals surface area contributed by atoms with E-state index in [2.05, 4.69) is 32.3 Å². The van der Waals surface area contributed by atoms with Crippen LogP contribution in [-0.4, -0.2) is 40.8 Å². The van der Waals surface area contributed by atoms with Gasteiger partial charge in [-0.3, -0.25) is 5.32 Å². The Morgan fingerprint density at radius 3 is 2.32 bits per heavy atom. The molecule has 0 fully saturated rings. The second-order valence-corrected chi connectivity index (χ2v) is 9.54. The summed E-state index contributed by atoms with van der Waals surface area (Å²) in [6, 6.07) is 6.10. The first-order chi connectivity index (χ1) is 12.8. The first kappa shape index (κ1) is 22.2. The lowest BCUT2D eigenvalue weighted by molar-refractivity contribution is 0.0553. The molecule has 1 aliphatic heterocycles. The van der Waals surface area contributed by atoms with E-state index in [-0.39, 0.29) is 5.96 Å². The summed E-state index contributed by atoms with van der Waals surface area (Å²) in [5.74, 6) is 0.120. The molecule has 28 heavy (non-hydrogen) atoms. The minimum Gasteiger partial charge on any atom is -0.444 e. The number of ether oxygens (including phenoxy) is 2. The third-order valence-electron chi connectivity index (χ3n) is 3.68. The van der Waals surface area contributed by atoms with Crippen molar-refractivity contribution in [2.45, 2.75) is 65.7 Å². The number of halogens is 1. The molecule has 1 N–H and O–H groups in total. The van der Waals surface area contributed by atoms with Crippen LogP contribution in [0.4, 0.5) is 9.59 Å². The number of benzene rings is 1. The molecule has 2 amide bonds. The van der Waals surface area contributed by atoms with Gasteiger partial charge in [0, 0.05) is 17.6 Å². The lowest BCUT2D eigenvalue weighted by Gasteiger charge is -2.32. The third-order valence-corrected chi connectivity index (χ3v) is 4.18. The Bertz CT molecular complexity index is 779. The summed E-state index contributed by atoms with van der Waals surface area (Å²) in [6.07, 6.45) is -0.667. The Labute approximate surface area is 174 Å². The van der Waals surface area contributed by atoms with Gasteiger partial charge in [-0.05, 0) is 71.2 Å². The van der Waals surface area contributed by atoms with E-state index in [4.69, 9.17) is 9.47 Å². The molecule has 0 aromatic heterocycles. The van der Waals surface area contributed by atoms with Gasteiger partial charge in [0.25, 0.3) is 0 Å². The number of carbonyl (C=O) groups is 2. The van der Waals surface area contributed by atoms with Crippen LogP contribution in [0.2, 0.25) is 0 Å². The maximum atomic E-state index is 12.3. The molecule has 8 heteroatoms. The number of amides is 2. The molecule has 0 bridgehead atoms. The average Bonchev–Trinajstić information content (AvgIpc) is 2.49.